The molecule has 0 aliphatic carbocycles. The molecule has 0 saturated carbocycles. The van der Waals surface area contributed by atoms with Crippen molar-refractivity contribution in [2.45, 2.75) is 103 Å². The summed E-state index contributed by atoms with van der Waals surface area (Å²) in [6.45, 7) is 9.72. The zero-order valence-corrected chi connectivity index (χ0v) is 22.7. The molecule has 8 nitrogen and oxygen atoms in total. The van der Waals surface area contributed by atoms with E-state index < -0.39 is 0 Å². The van der Waals surface area contributed by atoms with Crippen LogP contribution in [-0.4, -0.2) is 62.6 Å². The minimum atomic E-state index is -0.229. The lowest BCUT2D eigenvalue weighted by Gasteiger charge is -2.41. The molecule has 8 heteroatoms. The van der Waals surface area contributed by atoms with Crippen LogP contribution in [0, 0.1) is 6.92 Å². The van der Waals surface area contributed by atoms with Crippen molar-refractivity contribution in [3.8, 4) is 0 Å². The van der Waals surface area contributed by atoms with E-state index in [9.17, 15) is 9.59 Å². The van der Waals surface area contributed by atoms with Crippen LogP contribution in [0.2, 0.25) is 0 Å². The fourth-order valence-electron chi connectivity index (χ4n) is 6.79. The highest BCUT2D eigenvalue weighted by Crippen LogP contribution is 2.43. The second kappa shape index (κ2) is 10.9. The molecule has 200 valence electrons. The first-order valence-corrected chi connectivity index (χ1v) is 13.9. The van der Waals surface area contributed by atoms with Gasteiger partial charge in [0.05, 0.1) is 30.1 Å². The number of aromatic nitrogens is 2. The van der Waals surface area contributed by atoms with Gasteiger partial charge in [-0.05, 0) is 58.4 Å². The van der Waals surface area contributed by atoms with Gasteiger partial charge in [0.25, 0.3) is 0 Å². The number of amides is 2. The highest BCUT2D eigenvalue weighted by molar-refractivity contribution is 5.73. The molecule has 37 heavy (non-hydrogen) atoms. The van der Waals surface area contributed by atoms with E-state index in [2.05, 4.69) is 33.8 Å². The Balaban J connectivity index is 1.27. The third-order valence-electron chi connectivity index (χ3n) is 8.30. The van der Waals surface area contributed by atoms with E-state index in [1.807, 2.05) is 36.9 Å². The van der Waals surface area contributed by atoms with E-state index >= 15 is 0 Å². The van der Waals surface area contributed by atoms with Crippen molar-refractivity contribution in [2.75, 3.05) is 13.1 Å². The molecule has 5 rings (SSSR count). The Labute approximate surface area is 220 Å². The Morgan fingerprint density at radius 2 is 1.81 bits per heavy atom. The number of benzene rings is 1. The standard InChI is InChI=1S/C29H41N5O3/c1-19(2)37-29(36)32-14-12-27-28(18-32)34(20(3)30-27)25-16-23-10-11-24(17-25)33(23)15-13-26(31-21(4)35)22-8-6-5-7-9-22/h5-9,19,23-26H,10-18H2,1-4H3,(H,31,35)/t23-,24+,25?,26-/m0/s1. The average Bonchev–Trinajstić information content (AvgIpc) is 3.31. The molecule has 3 aliphatic heterocycles. The maximum absolute atomic E-state index is 12.6. The zero-order valence-electron chi connectivity index (χ0n) is 22.7. The monoisotopic (exact) mass is 507 g/mol. The van der Waals surface area contributed by atoms with E-state index in [1.165, 1.54) is 24.1 Å². The van der Waals surface area contributed by atoms with Gasteiger partial charge in [0.2, 0.25) is 5.91 Å². The summed E-state index contributed by atoms with van der Waals surface area (Å²) in [6, 6.07) is 11.8. The van der Waals surface area contributed by atoms with Crippen LogP contribution >= 0.6 is 0 Å². The van der Waals surface area contributed by atoms with Crippen LogP contribution in [0.15, 0.2) is 30.3 Å². The second-order valence-corrected chi connectivity index (χ2v) is 11.2. The van der Waals surface area contributed by atoms with Gasteiger partial charge in [0.1, 0.15) is 5.82 Å². The minimum absolute atomic E-state index is 0.0159. The van der Waals surface area contributed by atoms with Crippen molar-refractivity contribution < 1.29 is 14.3 Å². The number of ether oxygens (including phenoxy) is 1. The number of nitrogens with zero attached hydrogens (tertiary/aromatic N) is 4. The predicted octanol–water partition coefficient (Wildman–Crippen LogP) is 4.53. The number of aryl methyl sites for hydroxylation is 1. The molecule has 0 radical (unpaired) electrons. The molecule has 0 spiro atoms. The Bertz CT molecular complexity index is 1100. The molecule has 1 aromatic heterocycles. The molecule has 1 unspecified atom stereocenters. The van der Waals surface area contributed by atoms with E-state index in [-0.39, 0.29) is 24.1 Å². The van der Waals surface area contributed by atoms with Crippen LogP contribution in [0.5, 0.6) is 0 Å². The lowest BCUT2D eigenvalue weighted by Crippen LogP contribution is -2.45. The van der Waals surface area contributed by atoms with Crippen LogP contribution in [0.3, 0.4) is 0 Å². The molecule has 4 heterocycles. The van der Waals surface area contributed by atoms with Crippen molar-refractivity contribution in [1.29, 1.82) is 0 Å². The van der Waals surface area contributed by atoms with Crippen LogP contribution in [-0.2, 0) is 22.5 Å². The third kappa shape index (κ3) is 5.54. The predicted molar refractivity (Wildman–Crippen MR) is 142 cm³/mol. The lowest BCUT2D eigenvalue weighted by atomic mass is 9.95. The average molecular weight is 508 g/mol. The van der Waals surface area contributed by atoms with Crippen molar-refractivity contribution >= 4 is 12.0 Å². The van der Waals surface area contributed by atoms with Gasteiger partial charge in [-0.1, -0.05) is 30.3 Å². The van der Waals surface area contributed by atoms with Crippen molar-refractivity contribution in [3.05, 3.63) is 53.1 Å². The SMILES string of the molecule is CC(=O)N[C@@H](CCN1[C@@H]2CC[C@H]1CC(n1c(C)nc3c1CN(C(=O)OC(C)C)CC3)C2)c1ccccc1. The van der Waals surface area contributed by atoms with Gasteiger partial charge in [-0.15, -0.1) is 0 Å². The Morgan fingerprint density at radius 1 is 1.11 bits per heavy atom. The molecule has 3 aliphatic rings. The van der Waals surface area contributed by atoms with Gasteiger partial charge >= 0.3 is 6.09 Å². The second-order valence-electron chi connectivity index (χ2n) is 11.2. The normalized spacial score (nSPS) is 24.1. The number of hydrogen-bond donors (Lipinski definition) is 1. The topological polar surface area (TPSA) is 79.7 Å². The lowest BCUT2D eigenvalue weighted by molar-refractivity contribution is -0.119. The van der Waals surface area contributed by atoms with Gasteiger partial charge in [-0.25, -0.2) is 9.78 Å². The van der Waals surface area contributed by atoms with Crippen LogP contribution in [0.1, 0.15) is 87.7 Å². The first kappa shape index (κ1) is 25.8. The summed E-state index contributed by atoms with van der Waals surface area (Å²) in [5.41, 5.74) is 3.50. The number of rotatable bonds is 7. The molecule has 2 amide bonds. The fraction of sp³-hybridized carbons (Fsp3) is 0.621. The number of carbonyl (C=O) groups excluding carboxylic acids is 2. The number of imidazole rings is 1. The van der Waals surface area contributed by atoms with E-state index in [0.29, 0.717) is 31.2 Å². The highest BCUT2D eigenvalue weighted by Gasteiger charge is 2.42. The van der Waals surface area contributed by atoms with Crippen LogP contribution < -0.4 is 5.32 Å². The highest BCUT2D eigenvalue weighted by atomic mass is 16.6. The van der Waals surface area contributed by atoms with E-state index in [4.69, 9.17) is 9.72 Å². The summed E-state index contributed by atoms with van der Waals surface area (Å²) in [4.78, 5) is 33.9. The third-order valence-corrected chi connectivity index (χ3v) is 8.30. The summed E-state index contributed by atoms with van der Waals surface area (Å²) in [6.07, 6.45) is 6.00. The number of nitrogens with one attached hydrogen (secondary N) is 1. The molecule has 2 bridgehead atoms. The summed E-state index contributed by atoms with van der Waals surface area (Å²) in [5, 5.41) is 3.16. The molecule has 2 saturated heterocycles. The van der Waals surface area contributed by atoms with Gasteiger partial charge in [-0.2, -0.15) is 0 Å². The summed E-state index contributed by atoms with van der Waals surface area (Å²) < 4.78 is 7.92. The molecule has 2 aromatic rings. The largest absolute Gasteiger partial charge is 0.447 e. The molecule has 2 fully saturated rings. The zero-order chi connectivity index (χ0) is 26.1. The van der Waals surface area contributed by atoms with E-state index in [0.717, 1.165) is 43.7 Å². The molecular formula is C29H41N5O3. The Hall–Kier alpha value is -2.87. The maximum atomic E-state index is 12.6. The Morgan fingerprint density at radius 3 is 2.46 bits per heavy atom. The smallest absolute Gasteiger partial charge is 0.410 e. The molecule has 1 aromatic carbocycles. The number of carbonyl (C=O) groups is 2. The van der Waals surface area contributed by atoms with Crippen molar-refractivity contribution in [1.82, 2.24) is 24.7 Å². The first-order chi connectivity index (χ1) is 17.8. The van der Waals surface area contributed by atoms with E-state index in [1.54, 1.807) is 6.92 Å². The first-order valence-electron chi connectivity index (χ1n) is 13.9. The quantitative estimate of drug-likeness (QED) is 0.596. The Kier molecular flexibility index (Phi) is 7.56. The minimum Gasteiger partial charge on any atom is -0.447 e. The maximum Gasteiger partial charge on any atom is 0.410 e. The fourth-order valence-corrected chi connectivity index (χ4v) is 6.79. The molecule has 1 N–H and O–H groups in total. The number of hydrogen-bond acceptors (Lipinski definition) is 5. The molecular weight excluding hydrogens is 466 g/mol. The number of fused-ring (bicyclic) bond motifs is 3. The van der Waals surface area contributed by atoms with Crippen molar-refractivity contribution in [3.63, 3.8) is 0 Å². The summed E-state index contributed by atoms with van der Waals surface area (Å²) >= 11 is 0. The van der Waals surface area contributed by atoms with Gasteiger partial charge in [-0.3, -0.25) is 9.69 Å². The molecule has 4 atom stereocenters. The van der Waals surface area contributed by atoms with Gasteiger partial charge in [0.15, 0.2) is 0 Å². The number of piperidine rings is 1. The van der Waals surface area contributed by atoms with Gasteiger partial charge in [0, 0.05) is 44.6 Å². The van der Waals surface area contributed by atoms with Crippen LogP contribution in [0.4, 0.5) is 4.79 Å². The van der Waals surface area contributed by atoms with Crippen molar-refractivity contribution in [2.24, 2.45) is 0 Å². The van der Waals surface area contributed by atoms with Gasteiger partial charge < -0.3 is 19.5 Å². The summed E-state index contributed by atoms with van der Waals surface area (Å²) in [7, 11) is 0. The summed E-state index contributed by atoms with van der Waals surface area (Å²) in [5.74, 6) is 1.08. The van der Waals surface area contributed by atoms with Crippen LogP contribution in [0.25, 0.3) is 0 Å².